The minimum absolute atomic E-state index is 0.440. The number of nitrogens with zero attached hydrogens (tertiary/aromatic N) is 2. The Morgan fingerprint density at radius 3 is 2.49 bits per heavy atom. The summed E-state index contributed by atoms with van der Waals surface area (Å²) in [6.45, 7) is 2.28. The van der Waals surface area contributed by atoms with Crippen molar-refractivity contribution in [1.82, 2.24) is 9.97 Å². The van der Waals surface area contributed by atoms with Crippen LogP contribution in [-0.2, 0) is 0 Å². The van der Waals surface area contributed by atoms with Crippen LogP contribution in [0.1, 0.15) is 114 Å². The van der Waals surface area contributed by atoms with E-state index in [0.29, 0.717) is 11.5 Å². The molecule has 1 N–H and O–H groups in total. The number of nitrogens with one attached hydrogen (secondary N) is 1. The largest absolute Gasteiger partial charge is 0.496 e. The smallest absolute Gasteiger partial charge is 0.128 e. The summed E-state index contributed by atoms with van der Waals surface area (Å²) in [5.41, 5.74) is 3.85. The van der Waals surface area contributed by atoms with E-state index in [4.69, 9.17) is 9.72 Å². The Morgan fingerprint density at radius 1 is 0.884 bits per heavy atom. The summed E-state index contributed by atoms with van der Waals surface area (Å²) < 4.78 is 5.58. The van der Waals surface area contributed by atoms with Crippen LogP contribution in [0.3, 0.4) is 0 Å². The zero-order chi connectivity index (χ0) is 30.1. The molecule has 2 heterocycles. The molecule has 0 bridgehead atoms. The number of aromatic amines is 1. The highest BCUT2D eigenvalue weighted by Gasteiger charge is 2.16. The molecule has 4 aromatic rings. The molecule has 4 rings (SSSR count). The molecule has 1 atom stereocenters. The summed E-state index contributed by atoms with van der Waals surface area (Å²) in [5, 5.41) is 13.5. The maximum Gasteiger partial charge on any atom is 0.128 e. The molecule has 2 aromatic carbocycles. The number of H-pyrrole nitrogens is 1. The van der Waals surface area contributed by atoms with Gasteiger partial charge in [0.05, 0.1) is 29.8 Å². The molecular formula is C39H49N3O. The van der Waals surface area contributed by atoms with Gasteiger partial charge in [-0.2, -0.15) is 5.26 Å². The molecule has 0 aliphatic carbocycles. The van der Waals surface area contributed by atoms with Crippen molar-refractivity contribution < 1.29 is 4.74 Å². The van der Waals surface area contributed by atoms with Crippen LogP contribution >= 0.6 is 0 Å². The third-order valence-corrected chi connectivity index (χ3v) is 8.56. The fourth-order valence-electron chi connectivity index (χ4n) is 6.18. The van der Waals surface area contributed by atoms with Crippen LogP contribution in [0.25, 0.3) is 27.2 Å². The first kappa shape index (κ1) is 32.1. The van der Waals surface area contributed by atoms with Gasteiger partial charge in [0, 0.05) is 34.8 Å². The van der Waals surface area contributed by atoms with Crippen molar-refractivity contribution in [3.8, 4) is 11.8 Å². The molecule has 4 heteroatoms. The summed E-state index contributed by atoms with van der Waals surface area (Å²) in [5.74, 6) is 1.23. The van der Waals surface area contributed by atoms with Crippen LogP contribution in [-0.4, -0.2) is 17.1 Å². The van der Waals surface area contributed by atoms with Gasteiger partial charge in [-0.05, 0) is 75.0 Å². The Bertz CT molecular complexity index is 1500. The molecule has 0 radical (unpaired) electrons. The van der Waals surface area contributed by atoms with E-state index in [1.165, 1.54) is 67.8 Å². The zero-order valence-corrected chi connectivity index (χ0v) is 26.3. The lowest BCUT2D eigenvalue weighted by molar-refractivity contribution is 0.420. The average molecular weight is 576 g/mol. The number of fused-ring (bicyclic) bond motifs is 2. The number of aromatic nitrogens is 2. The molecule has 2 aromatic heterocycles. The van der Waals surface area contributed by atoms with E-state index in [1.54, 1.807) is 7.11 Å². The normalized spacial score (nSPS) is 12.7. The number of hydrogen-bond acceptors (Lipinski definition) is 3. The maximum absolute atomic E-state index is 9.96. The second-order valence-corrected chi connectivity index (χ2v) is 11.7. The van der Waals surface area contributed by atoms with E-state index in [2.05, 4.69) is 66.5 Å². The molecule has 0 aliphatic heterocycles. The van der Waals surface area contributed by atoms with E-state index >= 15 is 0 Å². The van der Waals surface area contributed by atoms with E-state index in [-0.39, 0.29) is 0 Å². The van der Waals surface area contributed by atoms with Gasteiger partial charge in [-0.15, -0.1) is 0 Å². The molecule has 226 valence electrons. The molecule has 43 heavy (non-hydrogen) atoms. The van der Waals surface area contributed by atoms with Gasteiger partial charge in [0.15, 0.2) is 0 Å². The first-order valence-corrected chi connectivity index (χ1v) is 16.5. The van der Waals surface area contributed by atoms with Crippen molar-refractivity contribution in [2.24, 2.45) is 0 Å². The second-order valence-electron chi connectivity index (χ2n) is 11.7. The van der Waals surface area contributed by atoms with Crippen LogP contribution < -0.4 is 4.74 Å². The lowest BCUT2D eigenvalue weighted by Gasteiger charge is -2.18. The monoisotopic (exact) mass is 575 g/mol. The van der Waals surface area contributed by atoms with Crippen molar-refractivity contribution >= 4 is 27.2 Å². The number of hydrogen-bond donors (Lipinski definition) is 1. The van der Waals surface area contributed by atoms with Crippen molar-refractivity contribution in [2.45, 2.75) is 103 Å². The maximum atomic E-state index is 9.96. The Hall–Kier alpha value is -3.84. The predicted octanol–water partition coefficient (Wildman–Crippen LogP) is 11.5. The van der Waals surface area contributed by atoms with Crippen molar-refractivity contribution in [1.29, 1.82) is 5.26 Å². The first-order valence-electron chi connectivity index (χ1n) is 16.5. The highest BCUT2D eigenvalue weighted by molar-refractivity contribution is 5.99. The third kappa shape index (κ3) is 9.32. The van der Waals surface area contributed by atoms with Crippen LogP contribution in [0.15, 0.2) is 79.2 Å². The van der Waals surface area contributed by atoms with Crippen LogP contribution in [0.4, 0.5) is 0 Å². The summed E-state index contributed by atoms with van der Waals surface area (Å²) in [6.07, 6.45) is 27.7. The van der Waals surface area contributed by atoms with Crippen molar-refractivity contribution in [2.75, 3.05) is 7.11 Å². The topological polar surface area (TPSA) is 61.7 Å². The summed E-state index contributed by atoms with van der Waals surface area (Å²) in [4.78, 5) is 8.20. The van der Waals surface area contributed by atoms with Crippen LogP contribution in [0.2, 0.25) is 0 Å². The molecule has 0 aliphatic rings. The van der Waals surface area contributed by atoms with Crippen LogP contribution in [0.5, 0.6) is 5.75 Å². The zero-order valence-electron chi connectivity index (χ0n) is 26.3. The average Bonchev–Trinajstić information content (AvgIpc) is 3.48. The van der Waals surface area contributed by atoms with Gasteiger partial charge in [-0.1, -0.05) is 94.0 Å². The number of methoxy groups -OCH3 is 1. The number of ether oxygens (including phenoxy) is 1. The lowest BCUT2D eigenvalue weighted by Crippen LogP contribution is -2.03. The molecule has 4 nitrogen and oxygen atoms in total. The van der Waals surface area contributed by atoms with E-state index in [0.717, 1.165) is 60.7 Å². The molecule has 0 saturated heterocycles. The number of rotatable bonds is 19. The van der Waals surface area contributed by atoms with Gasteiger partial charge < -0.3 is 9.72 Å². The standard InChI is InChI=1S/C39H49N3O/c1-3-4-5-6-7-8-9-10-11-12-14-21-32(39-34-24-18-17-20-31(34)27-28-41-39)22-15-13-16-23-33(29-40)35-30-42-36-25-19-26-37(43-2)38(35)36/h10-11,17-20,23-28,30,32,42H,3-9,12-16,21-22H2,1-2H3/b11-10-,33-23+. The molecule has 0 amide bonds. The molecule has 0 saturated carbocycles. The molecule has 0 fully saturated rings. The van der Waals surface area contributed by atoms with Gasteiger partial charge in [-0.25, -0.2) is 0 Å². The fraction of sp³-hybridized carbons (Fsp3) is 0.436. The minimum atomic E-state index is 0.440. The summed E-state index contributed by atoms with van der Waals surface area (Å²) >= 11 is 0. The van der Waals surface area contributed by atoms with Crippen molar-refractivity contribution in [3.63, 3.8) is 0 Å². The van der Waals surface area contributed by atoms with Crippen molar-refractivity contribution in [3.05, 3.63) is 90.4 Å². The quantitative estimate of drug-likeness (QED) is 0.0687. The van der Waals surface area contributed by atoms with E-state index < -0.39 is 0 Å². The third-order valence-electron chi connectivity index (χ3n) is 8.56. The molecule has 1 unspecified atom stereocenters. The van der Waals surface area contributed by atoms with E-state index in [1.807, 2.05) is 30.6 Å². The van der Waals surface area contributed by atoms with Gasteiger partial charge >= 0.3 is 0 Å². The highest BCUT2D eigenvalue weighted by atomic mass is 16.5. The van der Waals surface area contributed by atoms with E-state index in [9.17, 15) is 5.26 Å². The molecular weight excluding hydrogens is 526 g/mol. The second kappa shape index (κ2) is 18.0. The van der Waals surface area contributed by atoms with Gasteiger partial charge in [0.25, 0.3) is 0 Å². The highest BCUT2D eigenvalue weighted by Crippen LogP contribution is 2.34. The summed E-state index contributed by atoms with van der Waals surface area (Å²) in [6, 6.07) is 19.1. The minimum Gasteiger partial charge on any atom is -0.496 e. The lowest BCUT2D eigenvalue weighted by atomic mass is 9.89. The van der Waals surface area contributed by atoms with Gasteiger partial charge in [0.2, 0.25) is 0 Å². The number of pyridine rings is 1. The fourth-order valence-corrected chi connectivity index (χ4v) is 6.18. The summed E-state index contributed by atoms with van der Waals surface area (Å²) in [7, 11) is 1.68. The first-order chi connectivity index (χ1) is 21.3. The number of unbranched alkanes of at least 4 members (excludes halogenated alkanes) is 9. The van der Waals surface area contributed by atoms with Crippen LogP contribution in [0, 0.1) is 11.3 Å². The Labute approximate surface area is 258 Å². The molecule has 0 spiro atoms. The SMILES string of the molecule is CCCCCCCC/C=C\CCCC(CCCC/C=C(\C#N)c1c[nH]c2cccc(OC)c12)c1nccc2ccccc12. The van der Waals surface area contributed by atoms with Gasteiger partial charge in [0.1, 0.15) is 5.75 Å². The Balaban J connectivity index is 1.33. The number of nitriles is 1. The number of allylic oxidation sites excluding steroid dienone is 4. The predicted molar refractivity (Wildman–Crippen MR) is 182 cm³/mol. The Kier molecular flexibility index (Phi) is 13.4. The van der Waals surface area contributed by atoms with Gasteiger partial charge in [-0.3, -0.25) is 4.98 Å². The Morgan fingerprint density at radius 2 is 1.65 bits per heavy atom. The number of benzene rings is 2.